The number of ether oxygens (including phenoxy) is 1. The van der Waals surface area contributed by atoms with Gasteiger partial charge in [-0.05, 0) is 54.3 Å². The Hall–Kier alpha value is -3.31. The summed E-state index contributed by atoms with van der Waals surface area (Å²) in [6, 6.07) is 24.3. The number of nitrogens with zero attached hydrogens (tertiary/aromatic N) is 1. The molecule has 0 saturated carbocycles. The molecule has 3 aromatic rings. The van der Waals surface area contributed by atoms with E-state index in [0.29, 0.717) is 36.8 Å². The fourth-order valence-corrected chi connectivity index (χ4v) is 3.91. The summed E-state index contributed by atoms with van der Waals surface area (Å²) in [5.41, 5.74) is 3.11. The Kier molecular flexibility index (Phi) is 9.53. The molecular weight excluding hydrogens is 448 g/mol. The molecule has 0 spiro atoms. The van der Waals surface area contributed by atoms with Crippen molar-refractivity contribution in [2.75, 3.05) is 13.7 Å². The molecule has 5 nitrogen and oxygen atoms in total. The van der Waals surface area contributed by atoms with Gasteiger partial charge in [-0.3, -0.25) is 9.59 Å². The lowest BCUT2D eigenvalue weighted by Gasteiger charge is -2.31. The van der Waals surface area contributed by atoms with Crippen molar-refractivity contribution < 1.29 is 14.3 Å². The first kappa shape index (κ1) is 25.3. The van der Waals surface area contributed by atoms with E-state index in [2.05, 4.69) is 5.32 Å². The minimum atomic E-state index is -0.614. The van der Waals surface area contributed by atoms with Crippen molar-refractivity contribution in [2.45, 2.75) is 38.8 Å². The third-order valence-corrected chi connectivity index (χ3v) is 5.99. The second kappa shape index (κ2) is 12.8. The Morgan fingerprint density at radius 1 is 0.971 bits per heavy atom. The molecule has 0 radical (unpaired) electrons. The van der Waals surface area contributed by atoms with Gasteiger partial charge in [-0.15, -0.1) is 0 Å². The van der Waals surface area contributed by atoms with Crippen LogP contribution in [0.25, 0.3) is 0 Å². The molecule has 0 aromatic heterocycles. The van der Waals surface area contributed by atoms with Crippen LogP contribution < -0.4 is 10.1 Å². The molecule has 0 aliphatic rings. The van der Waals surface area contributed by atoms with Crippen LogP contribution in [-0.4, -0.2) is 36.4 Å². The van der Waals surface area contributed by atoms with Gasteiger partial charge in [-0.25, -0.2) is 0 Å². The van der Waals surface area contributed by atoms with E-state index in [9.17, 15) is 9.59 Å². The van der Waals surface area contributed by atoms with E-state index in [4.69, 9.17) is 16.3 Å². The molecule has 1 atom stereocenters. The predicted molar refractivity (Wildman–Crippen MR) is 136 cm³/mol. The number of nitrogens with one attached hydrogen (secondary N) is 1. The maximum atomic E-state index is 13.4. The quantitative estimate of drug-likeness (QED) is 0.386. The molecule has 3 rings (SSSR count). The smallest absolute Gasteiger partial charge is 0.242 e. The number of amides is 2. The van der Waals surface area contributed by atoms with Crippen LogP contribution in [0, 0.1) is 6.92 Å². The maximum absolute atomic E-state index is 13.4. The molecule has 0 fully saturated rings. The highest BCUT2D eigenvalue weighted by Crippen LogP contribution is 2.19. The second-order valence-electron chi connectivity index (χ2n) is 8.17. The van der Waals surface area contributed by atoms with Crippen molar-refractivity contribution in [3.63, 3.8) is 0 Å². The zero-order chi connectivity index (χ0) is 24.3. The summed E-state index contributed by atoms with van der Waals surface area (Å²) in [6.45, 7) is 2.79. The van der Waals surface area contributed by atoms with Crippen LogP contribution in [-0.2, 0) is 22.6 Å². The first-order valence-corrected chi connectivity index (χ1v) is 11.8. The molecule has 0 heterocycles. The molecule has 0 unspecified atom stereocenters. The van der Waals surface area contributed by atoms with Gasteiger partial charge in [0, 0.05) is 31.5 Å². The largest absolute Gasteiger partial charge is 0.494 e. The van der Waals surface area contributed by atoms with Gasteiger partial charge in [0.2, 0.25) is 11.8 Å². The van der Waals surface area contributed by atoms with Gasteiger partial charge in [0.05, 0.1) is 6.61 Å². The highest BCUT2D eigenvalue weighted by atomic mass is 35.5. The Labute approximate surface area is 206 Å². The minimum absolute atomic E-state index is 0.0764. The lowest BCUT2D eigenvalue weighted by atomic mass is 10.0. The predicted octanol–water partition coefficient (Wildman–Crippen LogP) is 5.19. The summed E-state index contributed by atoms with van der Waals surface area (Å²) >= 11 is 5.91. The Morgan fingerprint density at radius 3 is 2.32 bits per heavy atom. The molecule has 178 valence electrons. The van der Waals surface area contributed by atoms with Crippen LogP contribution in [0.1, 0.15) is 29.5 Å². The highest BCUT2D eigenvalue weighted by Gasteiger charge is 2.29. The average Bonchev–Trinajstić information content (AvgIpc) is 2.86. The molecule has 0 aliphatic heterocycles. The summed E-state index contributed by atoms with van der Waals surface area (Å²) in [6.07, 6.45) is 1.26. The number of hydrogen-bond donors (Lipinski definition) is 1. The van der Waals surface area contributed by atoms with E-state index in [1.54, 1.807) is 36.2 Å². The van der Waals surface area contributed by atoms with Crippen LogP contribution in [0.4, 0.5) is 0 Å². The van der Waals surface area contributed by atoms with E-state index in [1.165, 1.54) is 0 Å². The van der Waals surface area contributed by atoms with Gasteiger partial charge < -0.3 is 15.0 Å². The molecule has 0 saturated heterocycles. The first-order valence-electron chi connectivity index (χ1n) is 11.5. The average molecular weight is 479 g/mol. The molecule has 0 aliphatic carbocycles. The van der Waals surface area contributed by atoms with Crippen LogP contribution in [0.2, 0.25) is 5.02 Å². The Bertz CT molecular complexity index is 1070. The molecule has 1 N–H and O–H groups in total. The number of benzene rings is 3. The highest BCUT2D eigenvalue weighted by molar-refractivity contribution is 6.30. The van der Waals surface area contributed by atoms with Crippen molar-refractivity contribution in [1.82, 2.24) is 10.2 Å². The van der Waals surface area contributed by atoms with Crippen molar-refractivity contribution in [1.29, 1.82) is 0 Å². The van der Waals surface area contributed by atoms with Crippen LogP contribution in [0.5, 0.6) is 5.75 Å². The molecular formula is C28H31ClN2O3. The third kappa shape index (κ3) is 7.35. The van der Waals surface area contributed by atoms with Gasteiger partial charge in [0.1, 0.15) is 11.8 Å². The molecule has 6 heteroatoms. The fraction of sp³-hybridized carbons (Fsp3) is 0.286. The number of halogens is 1. The summed E-state index contributed by atoms with van der Waals surface area (Å²) in [7, 11) is 1.61. The number of rotatable bonds is 11. The molecule has 34 heavy (non-hydrogen) atoms. The lowest BCUT2D eigenvalue weighted by Crippen LogP contribution is -2.49. The number of carbonyl (C=O) groups excluding carboxylic acids is 2. The van der Waals surface area contributed by atoms with Crippen LogP contribution in [0.3, 0.4) is 0 Å². The number of carbonyl (C=O) groups is 2. The SMILES string of the molecule is CNC(=O)[C@H](Cc1ccccc1)N(Cc1ccccc1C)C(=O)CCCOc1ccc(Cl)cc1. The molecule has 3 aromatic carbocycles. The van der Waals surface area contributed by atoms with Crippen LogP contribution in [0.15, 0.2) is 78.9 Å². The van der Waals surface area contributed by atoms with Crippen molar-refractivity contribution in [3.8, 4) is 5.75 Å². The number of aryl methyl sites for hydroxylation is 1. The summed E-state index contributed by atoms with van der Waals surface area (Å²) in [5, 5.41) is 3.39. The summed E-state index contributed by atoms with van der Waals surface area (Å²) in [5.74, 6) is 0.455. The summed E-state index contributed by atoms with van der Waals surface area (Å²) in [4.78, 5) is 28.1. The zero-order valence-corrected chi connectivity index (χ0v) is 20.4. The van der Waals surface area contributed by atoms with Gasteiger partial charge in [-0.1, -0.05) is 66.2 Å². The van der Waals surface area contributed by atoms with E-state index >= 15 is 0 Å². The molecule has 2 amide bonds. The van der Waals surface area contributed by atoms with E-state index in [1.807, 2.05) is 61.5 Å². The Balaban J connectivity index is 1.75. The van der Waals surface area contributed by atoms with Gasteiger partial charge in [0.15, 0.2) is 0 Å². The maximum Gasteiger partial charge on any atom is 0.242 e. The van der Waals surface area contributed by atoms with Gasteiger partial charge >= 0.3 is 0 Å². The number of likely N-dealkylation sites (N-methyl/N-ethyl adjacent to an activating group) is 1. The zero-order valence-electron chi connectivity index (χ0n) is 19.7. The second-order valence-corrected chi connectivity index (χ2v) is 8.61. The first-order chi connectivity index (χ1) is 16.5. The van der Waals surface area contributed by atoms with Crippen molar-refractivity contribution in [2.24, 2.45) is 0 Å². The standard InChI is InChI=1S/C28H31ClN2O3/c1-21-9-6-7-12-23(21)20-31(26(28(33)30-2)19-22-10-4-3-5-11-22)27(32)13-8-18-34-25-16-14-24(29)15-17-25/h3-7,9-12,14-17,26H,8,13,18-20H2,1-2H3,(H,30,33)/t26-/m0/s1. The van der Waals surface area contributed by atoms with Gasteiger partial charge in [-0.2, -0.15) is 0 Å². The lowest BCUT2D eigenvalue weighted by molar-refractivity contribution is -0.141. The van der Waals surface area contributed by atoms with Crippen molar-refractivity contribution in [3.05, 3.63) is 101 Å². The normalized spacial score (nSPS) is 11.5. The van der Waals surface area contributed by atoms with E-state index in [-0.39, 0.29) is 18.2 Å². The van der Waals surface area contributed by atoms with Crippen LogP contribution >= 0.6 is 11.6 Å². The Morgan fingerprint density at radius 2 is 1.65 bits per heavy atom. The van der Waals surface area contributed by atoms with E-state index < -0.39 is 6.04 Å². The fourth-order valence-electron chi connectivity index (χ4n) is 3.78. The monoisotopic (exact) mass is 478 g/mol. The van der Waals surface area contributed by atoms with Gasteiger partial charge in [0.25, 0.3) is 0 Å². The summed E-state index contributed by atoms with van der Waals surface area (Å²) < 4.78 is 5.74. The third-order valence-electron chi connectivity index (χ3n) is 5.74. The topological polar surface area (TPSA) is 58.6 Å². The number of hydrogen-bond acceptors (Lipinski definition) is 3. The van der Waals surface area contributed by atoms with E-state index in [0.717, 1.165) is 16.7 Å². The van der Waals surface area contributed by atoms with Crippen molar-refractivity contribution >= 4 is 23.4 Å². The minimum Gasteiger partial charge on any atom is -0.494 e. The molecule has 0 bridgehead atoms.